The van der Waals surface area contributed by atoms with Crippen LogP contribution in [0.2, 0.25) is 0 Å². The Morgan fingerprint density at radius 1 is 1.06 bits per heavy atom. The van der Waals surface area contributed by atoms with Gasteiger partial charge in [-0.1, -0.05) is 12.1 Å². The van der Waals surface area contributed by atoms with Gasteiger partial charge in [0.2, 0.25) is 5.89 Å². The van der Waals surface area contributed by atoms with Crippen molar-refractivity contribution < 1.29 is 32.2 Å². The molecular weight excluding hydrogens is 408 g/mol. The van der Waals surface area contributed by atoms with Crippen molar-refractivity contribution >= 4 is 5.78 Å². The number of rotatable bonds is 10. The molecule has 0 spiro atoms. The second kappa shape index (κ2) is 10.1. The Kier molecular flexibility index (Phi) is 7.23. The zero-order chi connectivity index (χ0) is 22.4. The Morgan fingerprint density at radius 3 is 2.55 bits per heavy atom. The molecule has 164 valence electrons. The zero-order valence-corrected chi connectivity index (χ0v) is 17.4. The number of Topliss-reactive ketones (excluding diaryl/α,β-unsaturated/α-hetero) is 1. The molecule has 0 atom stereocenters. The molecule has 3 aromatic rings. The highest BCUT2D eigenvalue weighted by Gasteiger charge is 2.17. The van der Waals surface area contributed by atoms with Gasteiger partial charge in [0.1, 0.15) is 12.0 Å². The second-order valence-corrected chi connectivity index (χ2v) is 6.97. The minimum absolute atomic E-state index is 0.0666. The highest BCUT2D eigenvalue weighted by atomic mass is 19.3. The zero-order valence-electron chi connectivity index (χ0n) is 17.4. The predicted molar refractivity (Wildman–Crippen MR) is 110 cm³/mol. The molecular formula is C23H23F2NO5. The van der Waals surface area contributed by atoms with E-state index < -0.39 is 6.61 Å². The van der Waals surface area contributed by atoms with Crippen LogP contribution in [-0.4, -0.2) is 30.6 Å². The van der Waals surface area contributed by atoms with E-state index in [0.29, 0.717) is 29.0 Å². The van der Waals surface area contributed by atoms with Crippen LogP contribution >= 0.6 is 0 Å². The summed E-state index contributed by atoms with van der Waals surface area (Å²) in [4.78, 5) is 16.9. The molecule has 0 amide bonds. The van der Waals surface area contributed by atoms with Crippen molar-refractivity contribution in [1.82, 2.24) is 4.98 Å². The number of carbonyl (C=O) groups is 1. The lowest BCUT2D eigenvalue weighted by Gasteiger charge is -2.15. The molecule has 0 N–H and O–H groups in total. The van der Waals surface area contributed by atoms with E-state index in [2.05, 4.69) is 9.72 Å². The van der Waals surface area contributed by atoms with Crippen LogP contribution in [0.3, 0.4) is 0 Å². The van der Waals surface area contributed by atoms with Gasteiger partial charge in [-0.3, -0.25) is 4.79 Å². The molecule has 0 saturated heterocycles. The van der Waals surface area contributed by atoms with Gasteiger partial charge in [0.05, 0.1) is 24.5 Å². The number of aryl methyl sites for hydroxylation is 1. The van der Waals surface area contributed by atoms with Crippen LogP contribution in [0.4, 0.5) is 8.78 Å². The van der Waals surface area contributed by atoms with Gasteiger partial charge in [0, 0.05) is 18.4 Å². The first-order valence-electron chi connectivity index (χ1n) is 9.74. The van der Waals surface area contributed by atoms with Gasteiger partial charge in [-0.25, -0.2) is 4.98 Å². The first kappa shape index (κ1) is 22.3. The minimum Gasteiger partial charge on any atom is -0.496 e. The van der Waals surface area contributed by atoms with Gasteiger partial charge in [-0.15, -0.1) is 0 Å². The van der Waals surface area contributed by atoms with Gasteiger partial charge in [-0.05, 0) is 44.2 Å². The molecule has 0 unspecified atom stereocenters. The largest absolute Gasteiger partial charge is 0.496 e. The van der Waals surface area contributed by atoms with E-state index >= 15 is 0 Å². The quantitative estimate of drug-likeness (QED) is 0.392. The van der Waals surface area contributed by atoms with Crippen molar-refractivity contribution in [3.63, 3.8) is 0 Å². The van der Waals surface area contributed by atoms with E-state index in [1.807, 2.05) is 0 Å². The van der Waals surface area contributed by atoms with Gasteiger partial charge in [0.25, 0.3) is 0 Å². The maximum absolute atomic E-state index is 12.6. The number of alkyl halides is 2. The molecule has 3 rings (SSSR count). The molecule has 1 heterocycles. The van der Waals surface area contributed by atoms with Crippen LogP contribution in [0.15, 0.2) is 53.1 Å². The van der Waals surface area contributed by atoms with E-state index in [4.69, 9.17) is 13.9 Å². The van der Waals surface area contributed by atoms with Gasteiger partial charge < -0.3 is 18.6 Å². The van der Waals surface area contributed by atoms with Gasteiger partial charge in [0.15, 0.2) is 17.3 Å². The third-order valence-corrected chi connectivity index (χ3v) is 4.34. The van der Waals surface area contributed by atoms with Crippen molar-refractivity contribution in [2.75, 3.05) is 7.11 Å². The lowest BCUT2D eigenvalue weighted by molar-refractivity contribution is -0.0518. The van der Waals surface area contributed by atoms with Crippen LogP contribution in [0.1, 0.15) is 36.3 Å². The lowest BCUT2D eigenvalue weighted by atomic mass is 10.0. The number of benzene rings is 2. The number of oxazole rings is 1. The maximum atomic E-state index is 12.6. The molecule has 6 nitrogen and oxygen atoms in total. The average molecular weight is 431 g/mol. The molecule has 31 heavy (non-hydrogen) atoms. The number of hydrogen-bond acceptors (Lipinski definition) is 6. The monoisotopic (exact) mass is 431 g/mol. The number of ether oxygens (including phenoxy) is 3. The van der Waals surface area contributed by atoms with E-state index in [-0.39, 0.29) is 35.7 Å². The summed E-state index contributed by atoms with van der Waals surface area (Å²) in [6.45, 7) is 0.594. The molecule has 0 aliphatic carbocycles. The summed E-state index contributed by atoms with van der Waals surface area (Å²) in [5, 5.41) is 0. The highest BCUT2D eigenvalue weighted by Crippen LogP contribution is 2.34. The summed E-state index contributed by atoms with van der Waals surface area (Å²) in [6.07, 6.45) is 1.84. The molecule has 0 aliphatic heterocycles. The number of hydrogen-bond donors (Lipinski definition) is 0. The van der Waals surface area contributed by atoms with Crippen molar-refractivity contribution in [1.29, 1.82) is 0 Å². The SMILES string of the molecule is COc1ccccc1C(=O)CCc1coc(-c2ccc(OC(F)F)c(OC(C)C)c2)n1. The fourth-order valence-electron chi connectivity index (χ4n) is 2.99. The van der Waals surface area contributed by atoms with Crippen molar-refractivity contribution in [3.05, 3.63) is 60.0 Å². The Labute approximate surface area is 178 Å². The Bertz CT molecular complexity index is 1030. The first-order chi connectivity index (χ1) is 14.9. The fraction of sp³-hybridized carbons (Fsp3) is 0.304. The summed E-state index contributed by atoms with van der Waals surface area (Å²) in [6, 6.07) is 11.5. The molecule has 0 aliphatic rings. The van der Waals surface area contributed by atoms with E-state index in [0.717, 1.165) is 0 Å². The first-order valence-corrected chi connectivity index (χ1v) is 9.74. The van der Waals surface area contributed by atoms with Crippen LogP contribution in [0, 0.1) is 0 Å². The predicted octanol–water partition coefficient (Wildman–Crippen LogP) is 5.55. The average Bonchev–Trinajstić information content (AvgIpc) is 3.21. The Balaban J connectivity index is 1.73. The molecule has 8 heteroatoms. The highest BCUT2D eigenvalue weighted by molar-refractivity contribution is 5.98. The smallest absolute Gasteiger partial charge is 0.387 e. The number of aromatic nitrogens is 1. The van der Waals surface area contributed by atoms with Crippen LogP contribution in [0.25, 0.3) is 11.5 Å². The van der Waals surface area contributed by atoms with E-state index in [9.17, 15) is 13.6 Å². The fourth-order valence-corrected chi connectivity index (χ4v) is 2.99. The van der Waals surface area contributed by atoms with Crippen molar-refractivity contribution in [2.24, 2.45) is 0 Å². The molecule has 2 aromatic carbocycles. The summed E-state index contributed by atoms with van der Waals surface area (Å²) >= 11 is 0. The molecule has 0 radical (unpaired) electrons. The third-order valence-electron chi connectivity index (χ3n) is 4.34. The number of halogens is 2. The van der Waals surface area contributed by atoms with Crippen LogP contribution in [0.5, 0.6) is 17.2 Å². The summed E-state index contributed by atoms with van der Waals surface area (Å²) in [5.74, 6) is 0.845. The second-order valence-electron chi connectivity index (χ2n) is 6.97. The maximum Gasteiger partial charge on any atom is 0.387 e. The van der Waals surface area contributed by atoms with Crippen molar-refractivity contribution in [2.45, 2.75) is 39.4 Å². The normalized spacial score (nSPS) is 11.1. The van der Waals surface area contributed by atoms with Crippen molar-refractivity contribution in [3.8, 4) is 28.7 Å². The molecule has 0 bridgehead atoms. The minimum atomic E-state index is -2.96. The van der Waals surface area contributed by atoms with Gasteiger partial charge >= 0.3 is 6.61 Å². The molecule has 0 saturated carbocycles. The standard InChI is InChI=1S/C23H23F2NO5/c1-14(2)30-21-12-15(8-11-20(21)31-23(24)25)22-26-16(13-29-22)9-10-18(27)17-6-4-5-7-19(17)28-3/h4-8,11-14,23H,9-10H2,1-3H3. The van der Waals surface area contributed by atoms with E-state index in [1.165, 1.54) is 25.5 Å². The Hall–Kier alpha value is -3.42. The Morgan fingerprint density at radius 2 is 1.84 bits per heavy atom. The number of carbonyl (C=O) groups excluding carboxylic acids is 1. The molecule has 1 aromatic heterocycles. The third kappa shape index (κ3) is 5.81. The van der Waals surface area contributed by atoms with Crippen LogP contribution < -0.4 is 14.2 Å². The summed E-state index contributed by atoms with van der Waals surface area (Å²) in [5.41, 5.74) is 1.65. The molecule has 0 fully saturated rings. The van der Waals surface area contributed by atoms with Gasteiger partial charge in [-0.2, -0.15) is 8.78 Å². The topological polar surface area (TPSA) is 70.8 Å². The number of methoxy groups -OCH3 is 1. The van der Waals surface area contributed by atoms with E-state index in [1.54, 1.807) is 44.2 Å². The van der Waals surface area contributed by atoms with Crippen LogP contribution in [-0.2, 0) is 6.42 Å². The number of ketones is 1. The lowest BCUT2D eigenvalue weighted by Crippen LogP contribution is -2.09. The summed E-state index contributed by atoms with van der Waals surface area (Å²) < 4.78 is 46.1. The number of para-hydroxylation sites is 1. The number of nitrogens with zero attached hydrogens (tertiary/aromatic N) is 1. The summed E-state index contributed by atoms with van der Waals surface area (Å²) in [7, 11) is 1.52.